The van der Waals surface area contributed by atoms with Crippen molar-refractivity contribution in [3.63, 3.8) is 0 Å². The van der Waals surface area contributed by atoms with Crippen LogP contribution in [0.15, 0.2) is 24.3 Å². The first kappa shape index (κ1) is 23.7. The summed E-state index contributed by atoms with van der Waals surface area (Å²) in [6, 6.07) is 7.54. The van der Waals surface area contributed by atoms with Crippen LogP contribution in [0.3, 0.4) is 0 Å². The minimum atomic E-state index is -0.801. The van der Waals surface area contributed by atoms with Crippen molar-refractivity contribution in [1.29, 1.82) is 0 Å². The number of carbonyl (C=O) groups is 1. The molecule has 2 aliphatic rings. The summed E-state index contributed by atoms with van der Waals surface area (Å²) in [6.07, 6.45) is 1.81. The summed E-state index contributed by atoms with van der Waals surface area (Å²) in [7, 11) is 2.12. The number of rotatable bonds is 8. The first-order chi connectivity index (χ1) is 15.0. The third kappa shape index (κ3) is 5.65. The third-order valence-electron chi connectivity index (χ3n) is 6.43. The molecule has 0 radical (unpaired) electrons. The monoisotopic (exact) mass is 429 g/mol. The van der Waals surface area contributed by atoms with Crippen molar-refractivity contribution in [3.8, 4) is 11.8 Å². The van der Waals surface area contributed by atoms with Gasteiger partial charge in [-0.2, -0.15) is 5.06 Å². The van der Waals surface area contributed by atoms with Gasteiger partial charge in [0.25, 0.3) is 0 Å². The van der Waals surface area contributed by atoms with Gasteiger partial charge in [0.1, 0.15) is 12.1 Å². The minimum absolute atomic E-state index is 0.179. The van der Waals surface area contributed by atoms with E-state index in [2.05, 4.69) is 29.1 Å². The maximum absolute atomic E-state index is 13.2. The Labute approximate surface area is 185 Å². The molecule has 2 aliphatic heterocycles. The fourth-order valence-electron chi connectivity index (χ4n) is 4.77. The molecule has 3 N–H and O–H groups in total. The highest BCUT2D eigenvalue weighted by atomic mass is 16.7. The molecule has 3 rings (SSSR count). The summed E-state index contributed by atoms with van der Waals surface area (Å²) < 4.78 is 0. The molecule has 2 fully saturated rings. The zero-order valence-corrected chi connectivity index (χ0v) is 18.8. The van der Waals surface area contributed by atoms with Crippen LogP contribution in [-0.4, -0.2) is 77.1 Å². The van der Waals surface area contributed by atoms with E-state index in [0.717, 1.165) is 30.5 Å². The first-order valence-electron chi connectivity index (χ1n) is 11.2. The van der Waals surface area contributed by atoms with E-state index in [-0.39, 0.29) is 12.5 Å². The lowest BCUT2D eigenvalue weighted by Gasteiger charge is -2.27. The number of benzene rings is 1. The Balaban J connectivity index is 1.74. The van der Waals surface area contributed by atoms with E-state index in [1.54, 1.807) is 18.9 Å². The van der Waals surface area contributed by atoms with Crippen molar-refractivity contribution in [2.45, 2.75) is 63.9 Å². The molecule has 1 aromatic rings. The smallest absolute Gasteiger partial charge is 0.240 e. The van der Waals surface area contributed by atoms with Crippen LogP contribution in [0.5, 0.6) is 0 Å². The quantitative estimate of drug-likeness (QED) is 0.538. The molecular weight excluding hydrogens is 394 g/mol. The Bertz CT molecular complexity index is 804. The standard InChI is InChI=1S/C24H35N3O4/c1-4-8-18-9-5-6-10-19(18)15-27-23(22(17(2)29)21(16-28)31-27)24(30)25-13-12-20-11-7-14-26(20)3/h5-6,9-10,17,20-23,28-29H,7,11-16H2,1-3H3,(H,25,30)/t17-,20?,21-,22+,23-/m0/s1. The van der Waals surface area contributed by atoms with Crippen LogP contribution in [0.2, 0.25) is 0 Å². The number of hydrogen-bond donors (Lipinski definition) is 3. The number of likely N-dealkylation sites (tertiary alicyclic amines) is 1. The van der Waals surface area contributed by atoms with E-state index in [1.165, 1.54) is 6.42 Å². The number of nitrogens with one attached hydrogen (secondary N) is 1. The molecule has 0 bridgehead atoms. The van der Waals surface area contributed by atoms with Gasteiger partial charge < -0.3 is 20.4 Å². The molecule has 1 amide bonds. The van der Waals surface area contributed by atoms with Crippen molar-refractivity contribution in [2.24, 2.45) is 5.92 Å². The van der Waals surface area contributed by atoms with Gasteiger partial charge in [-0.25, -0.2) is 0 Å². The topological polar surface area (TPSA) is 85.3 Å². The van der Waals surface area contributed by atoms with Crippen molar-refractivity contribution < 1.29 is 19.8 Å². The highest BCUT2D eigenvalue weighted by Gasteiger charge is 2.49. The fraction of sp³-hybridized carbons (Fsp3) is 0.625. The van der Waals surface area contributed by atoms with Gasteiger partial charge >= 0.3 is 0 Å². The van der Waals surface area contributed by atoms with Crippen LogP contribution in [0.25, 0.3) is 0 Å². The highest BCUT2D eigenvalue weighted by Crippen LogP contribution is 2.32. The zero-order chi connectivity index (χ0) is 22.4. The molecule has 7 heteroatoms. The maximum Gasteiger partial charge on any atom is 0.240 e. The Hall–Kier alpha value is -1.95. The molecule has 2 saturated heterocycles. The number of amides is 1. The average molecular weight is 430 g/mol. The third-order valence-corrected chi connectivity index (χ3v) is 6.43. The van der Waals surface area contributed by atoms with Gasteiger partial charge in [0.05, 0.1) is 19.3 Å². The van der Waals surface area contributed by atoms with Gasteiger partial charge in [0, 0.05) is 24.1 Å². The van der Waals surface area contributed by atoms with Gasteiger partial charge in [-0.3, -0.25) is 9.63 Å². The Morgan fingerprint density at radius 3 is 2.81 bits per heavy atom. The maximum atomic E-state index is 13.2. The van der Waals surface area contributed by atoms with E-state index < -0.39 is 24.2 Å². The number of aliphatic hydroxyl groups excluding tert-OH is 2. The van der Waals surface area contributed by atoms with Crippen LogP contribution in [-0.2, 0) is 16.2 Å². The Kier molecular flexibility index (Phi) is 8.47. The van der Waals surface area contributed by atoms with E-state index >= 15 is 0 Å². The van der Waals surface area contributed by atoms with Gasteiger partial charge in [-0.1, -0.05) is 24.1 Å². The molecule has 2 heterocycles. The van der Waals surface area contributed by atoms with Gasteiger partial charge in [0.2, 0.25) is 5.91 Å². The SMILES string of the molecule is CC#Cc1ccccc1CN1O[C@@H](CO)[C@@H]([C@H](C)O)[C@H]1C(=O)NCCC1CCCN1C. The second-order valence-electron chi connectivity index (χ2n) is 8.55. The second kappa shape index (κ2) is 11.1. The van der Waals surface area contributed by atoms with Crippen molar-refractivity contribution in [3.05, 3.63) is 35.4 Å². The second-order valence-corrected chi connectivity index (χ2v) is 8.55. The number of hydrogen-bond acceptors (Lipinski definition) is 6. The van der Waals surface area contributed by atoms with Gasteiger partial charge in [-0.15, -0.1) is 5.92 Å². The molecule has 5 atom stereocenters. The van der Waals surface area contributed by atoms with Crippen LogP contribution in [0.1, 0.15) is 44.2 Å². The number of hydroxylamine groups is 2. The fourth-order valence-corrected chi connectivity index (χ4v) is 4.77. The normalized spacial score (nSPS) is 27.6. The largest absolute Gasteiger partial charge is 0.394 e. The molecule has 7 nitrogen and oxygen atoms in total. The van der Waals surface area contributed by atoms with Gasteiger partial charge in [0.15, 0.2) is 0 Å². The average Bonchev–Trinajstić information content (AvgIpc) is 3.33. The summed E-state index contributed by atoms with van der Waals surface area (Å²) in [5.74, 6) is 5.30. The Morgan fingerprint density at radius 1 is 1.39 bits per heavy atom. The summed E-state index contributed by atoms with van der Waals surface area (Å²) >= 11 is 0. The van der Waals surface area contributed by atoms with E-state index in [9.17, 15) is 15.0 Å². The van der Waals surface area contributed by atoms with Crippen LogP contribution in [0.4, 0.5) is 0 Å². The van der Waals surface area contributed by atoms with Crippen molar-refractivity contribution in [1.82, 2.24) is 15.3 Å². The summed E-state index contributed by atoms with van der Waals surface area (Å²) in [4.78, 5) is 21.5. The molecule has 31 heavy (non-hydrogen) atoms. The molecule has 170 valence electrons. The predicted octanol–water partition coefficient (Wildman–Crippen LogP) is 1.13. The summed E-state index contributed by atoms with van der Waals surface area (Å²) in [5, 5.41) is 24.9. The van der Waals surface area contributed by atoms with E-state index in [4.69, 9.17) is 4.84 Å². The molecule has 0 spiro atoms. The lowest BCUT2D eigenvalue weighted by atomic mass is 9.89. The van der Waals surface area contributed by atoms with Crippen LogP contribution in [0, 0.1) is 17.8 Å². The van der Waals surface area contributed by atoms with Crippen molar-refractivity contribution >= 4 is 5.91 Å². The van der Waals surface area contributed by atoms with Crippen LogP contribution >= 0.6 is 0 Å². The lowest BCUT2D eigenvalue weighted by Crippen LogP contribution is -2.49. The predicted molar refractivity (Wildman–Crippen MR) is 119 cm³/mol. The summed E-state index contributed by atoms with van der Waals surface area (Å²) in [6.45, 7) is 5.18. The van der Waals surface area contributed by atoms with E-state index in [1.807, 2.05) is 24.3 Å². The summed E-state index contributed by atoms with van der Waals surface area (Å²) in [5.41, 5.74) is 1.81. The first-order valence-corrected chi connectivity index (χ1v) is 11.2. The molecule has 1 aromatic carbocycles. The lowest BCUT2D eigenvalue weighted by molar-refractivity contribution is -0.181. The number of carbonyl (C=O) groups excluding carboxylic acids is 1. The Morgan fingerprint density at radius 2 is 2.16 bits per heavy atom. The zero-order valence-electron chi connectivity index (χ0n) is 18.8. The molecular formula is C24H35N3O4. The number of nitrogens with zero attached hydrogens (tertiary/aromatic N) is 2. The van der Waals surface area contributed by atoms with E-state index in [0.29, 0.717) is 19.1 Å². The van der Waals surface area contributed by atoms with Crippen molar-refractivity contribution in [2.75, 3.05) is 26.7 Å². The van der Waals surface area contributed by atoms with Crippen LogP contribution < -0.4 is 5.32 Å². The number of aliphatic hydroxyl groups is 2. The molecule has 0 aliphatic carbocycles. The molecule has 0 saturated carbocycles. The molecule has 1 unspecified atom stereocenters. The minimum Gasteiger partial charge on any atom is -0.394 e. The highest BCUT2D eigenvalue weighted by molar-refractivity contribution is 5.82. The van der Waals surface area contributed by atoms with Gasteiger partial charge in [-0.05, 0) is 58.3 Å². The molecule has 0 aromatic heterocycles.